The molecule has 0 radical (unpaired) electrons. The number of nitrogens with zero attached hydrogens (tertiary/aromatic N) is 2. The van der Waals surface area contributed by atoms with Crippen molar-refractivity contribution in [3.8, 4) is 22.5 Å². The number of carboxylic acids is 1. The number of aliphatic carboxylic acids is 1. The number of carboxylic acid groups (broad SMARTS) is 1. The zero-order valence-corrected chi connectivity index (χ0v) is 21.5. The van der Waals surface area contributed by atoms with Crippen molar-refractivity contribution in [1.82, 2.24) is 14.7 Å². The first-order valence-electron chi connectivity index (χ1n) is 11.8. The molecule has 0 aliphatic rings. The van der Waals surface area contributed by atoms with Crippen LogP contribution in [0.5, 0.6) is 0 Å². The third-order valence-electron chi connectivity index (χ3n) is 5.61. The van der Waals surface area contributed by atoms with Gasteiger partial charge in [-0.1, -0.05) is 84.9 Å². The topological polar surface area (TPSA) is 109 Å². The minimum atomic E-state index is -5.08. The standard InChI is InChI=1S/C27H21N3O2S.C2HF3O2/c31-33(32,23-11-5-2-6-12-23)28-19-20-15-17-22(18-16-20)27-26(21-9-3-1-4-10-21)29-24-13-7-8-14-25(24)30-27;3-2(4,5)1(6)7/h1-18,28H,19H2;(H,6,7). The Morgan fingerprint density at radius 1 is 0.700 bits per heavy atom. The molecule has 0 fully saturated rings. The molecule has 0 saturated heterocycles. The van der Waals surface area contributed by atoms with E-state index in [1.54, 1.807) is 30.3 Å². The summed E-state index contributed by atoms with van der Waals surface area (Å²) in [4.78, 5) is 18.9. The fourth-order valence-corrected chi connectivity index (χ4v) is 4.68. The Hall–Kier alpha value is -4.61. The highest BCUT2D eigenvalue weighted by Gasteiger charge is 2.38. The maximum absolute atomic E-state index is 12.5. The number of nitrogens with one attached hydrogen (secondary N) is 1. The summed E-state index contributed by atoms with van der Waals surface area (Å²) < 4.78 is 59.4. The summed E-state index contributed by atoms with van der Waals surface area (Å²) >= 11 is 0. The molecule has 11 heteroatoms. The molecular weight excluding hydrogens is 543 g/mol. The van der Waals surface area contributed by atoms with Crippen molar-refractivity contribution in [2.45, 2.75) is 17.6 Å². The van der Waals surface area contributed by atoms with Gasteiger partial charge in [0.05, 0.1) is 27.3 Å². The van der Waals surface area contributed by atoms with Gasteiger partial charge >= 0.3 is 12.1 Å². The molecule has 2 N–H and O–H groups in total. The predicted octanol–water partition coefficient (Wildman–Crippen LogP) is 6.08. The van der Waals surface area contributed by atoms with Crippen LogP contribution in [-0.4, -0.2) is 35.6 Å². The van der Waals surface area contributed by atoms with Gasteiger partial charge in [-0.25, -0.2) is 27.9 Å². The van der Waals surface area contributed by atoms with E-state index >= 15 is 0 Å². The Balaban J connectivity index is 0.000000470. The van der Waals surface area contributed by atoms with E-state index in [1.165, 1.54) is 0 Å². The molecule has 4 aromatic carbocycles. The first-order chi connectivity index (χ1) is 19.0. The number of fused-ring (bicyclic) bond motifs is 1. The summed E-state index contributed by atoms with van der Waals surface area (Å²) in [7, 11) is -3.56. The largest absolute Gasteiger partial charge is 0.490 e. The lowest BCUT2D eigenvalue weighted by Crippen LogP contribution is -2.23. The van der Waals surface area contributed by atoms with Crippen molar-refractivity contribution in [2.75, 3.05) is 0 Å². The van der Waals surface area contributed by atoms with Crippen molar-refractivity contribution in [2.24, 2.45) is 0 Å². The maximum Gasteiger partial charge on any atom is 0.490 e. The van der Waals surface area contributed by atoms with E-state index in [-0.39, 0.29) is 11.4 Å². The van der Waals surface area contributed by atoms with E-state index in [0.29, 0.717) is 0 Å². The second-order valence-corrected chi connectivity index (χ2v) is 10.2. The lowest BCUT2D eigenvalue weighted by molar-refractivity contribution is -0.192. The van der Waals surface area contributed by atoms with E-state index < -0.39 is 22.2 Å². The molecule has 0 atom stereocenters. The summed E-state index contributed by atoms with van der Waals surface area (Å²) in [6.07, 6.45) is -5.08. The molecule has 0 spiro atoms. The van der Waals surface area contributed by atoms with Gasteiger partial charge in [-0.15, -0.1) is 0 Å². The van der Waals surface area contributed by atoms with Crippen LogP contribution < -0.4 is 4.72 Å². The molecular formula is C29H22F3N3O4S. The van der Waals surface area contributed by atoms with Crippen LogP contribution in [0.4, 0.5) is 13.2 Å². The quantitative estimate of drug-likeness (QED) is 0.259. The monoisotopic (exact) mass is 565 g/mol. The number of sulfonamides is 1. The van der Waals surface area contributed by atoms with Gasteiger partial charge in [0, 0.05) is 17.7 Å². The number of carbonyl (C=O) groups is 1. The Morgan fingerprint density at radius 2 is 1.12 bits per heavy atom. The van der Waals surface area contributed by atoms with Crippen molar-refractivity contribution < 1.29 is 31.5 Å². The van der Waals surface area contributed by atoms with Crippen LogP contribution >= 0.6 is 0 Å². The van der Waals surface area contributed by atoms with E-state index in [4.69, 9.17) is 19.9 Å². The van der Waals surface area contributed by atoms with Crippen LogP contribution in [-0.2, 0) is 21.4 Å². The molecule has 40 heavy (non-hydrogen) atoms. The van der Waals surface area contributed by atoms with Gasteiger partial charge < -0.3 is 5.11 Å². The Kier molecular flexibility index (Phi) is 8.56. The average molecular weight is 566 g/mol. The van der Waals surface area contributed by atoms with Gasteiger partial charge in [-0.3, -0.25) is 0 Å². The number of aromatic nitrogens is 2. The number of alkyl halides is 3. The average Bonchev–Trinajstić information content (AvgIpc) is 2.96. The normalized spacial score (nSPS) is 11.5. The van der Waals surface area contributed by atoms with Crippen LogP contribution in [0.2, 0.25) is 0 Å². The van der Waals surface area contributed by atoms with Crippen LogP contribution in [0.3, 0.4) is 0 Å². The minimum absolute atomic E-state index is 0.201. The van der Waals surface area contributed by atoms with E-state index in [2.05, 4.69) is 4.72 Å². The minimum Gasteiger partial charge on any atom is -0.475 e. The molecule has 0 unspecified atom stereocenters. The summed E-state index contributed by atoms with van der Waals surface area (Å²) in [6, 6.07) is 33.9. The van der Waals surface area contributed by atoms with E-state index in [0.717, 1.165) is 39.1 Å². The van der Waals surface area contributed by atoms with Gasteiger partial charge in [0.15, 0.2) is 0 Å². The highest BCUT2D eigenvalue weighted by Crippen LogP contribution is 2.31. The van der Waals surface area contributed by atoms with Crippen LogP contribution in [0, 0.1) is 0 Å². The fourth-order valence-electron chi connectivity index (χ4n) is 3.64. The molecule has 0 aliphatic heterocycles. The van der Waals surface area contributed by atoms with Crippen LogP contribution in [0.1, 0.15) is 5.56 Å². The second-order valence-electron chi connectivity index (χ2n) is 8.41. The molecule has 0 aliphatic carbocycles. The zero-order valence-electron chi connectivity index (χ0n) is 20.7. The lowest BCUT2D eigenvalue weighted by Gasteiger charge is -2.11. The molecule has 1 aromatic heterocycles. The first-order valence-corrected chi connectivity index (χ1v) is 13.3. The Bertz CT molecular complexity index is 1710. The molecule has 1 heterocycles. The van der Waals surface area contributed by atoms with Gasteiger partial charge in [0.2, 0.25) is 10.0 Å². The molecule has 7 nitrogen and oxygen atoms in total. The predicted molar refractivity (Wildman–Crippen MR) is 145 cm³/mol. The van der Waals surface area contributed by atoms with Crippen molar-refractivity contribution in [1.29, 1.82) is 0 Å². The third kappa shape index (κ3) is 7.07. The maximum atomic E-state index is 12.5. The lowest BCUT2D eigenvalue weighted by atomic mass is 10.0. The van der Waals surface area contributed by atoms with Gasteiger partial charge in [-0.2, -0.15) is 13.2 Å². The van der Waals surface area contributed by atoms with E-state index in [9.17, 15) is 21.6 Å². The number of hydrogen-bond donors (Lipinski definition) is 2. The SMILES string of the molecule is O=C(O)C(F)(F)F.O=S(=O)(NCc1ccc(-c2nc3ccccc3nc2-c2ccccc2)cc1)c1ccccc1. The van der Waals surface area contributed by atoms with Crippen molar-refractivity contribution >= 4 is 27.0 Å². The highest BCUT2D eigenvalue weighted by atomic mass is 32.2. The van der Waals surface area contributed by atoms with Crippen molar-refractivity contribution in [3.63, 3.8) is 0 Å². The number of benzene rings is 4. The summed E-state index contributed by atoms with van der Waals surface area (Å²) in [5.74, 6) is -2.76. The third-order valence-corrected chi connectivity index (χ3v) is 7.02. The van der Waals surface area contributed by atoms with Crippen molar-refractivity contribution in [3.05, 3.63) is 115 Å². The molecule has 5 aromatic rings. The fraction of sp³-hybridized carbons (Fsp3) is 0.0690. The van der Waals surface area contributed by atoms with Crippen LogP contribution in [0.15, 0.2) is 114 Å². The number of rotatable bonds is 6. The molecule has 0 amide bonds. The second kappa shape index (κ2) is 12.1. The first kappa shape index (κ1) is 28.4. The molecule has 204 valence electrons. The highest BCUT2D eigenvalue weighted by molar-refractivity contribution is 7.89. The molecule has 5 rings (SSSR count). The summed E-state index contributed by atoms with van der Waals surface area (Å²) in [5, 5.41) is 7.12. The smallest absolute Gasteiger partial charge is 0.475 e. The Morgan fingerprint density at radius 3 is 1.60 bits per heavy atom. The van der Waals surface area contributed by atoms with Crippen LogP contribution in [0.25, 0.3) is 33.5 Å². The summed E-state index contributed by atoms with van der Waals surface area (Å²) in [5.41, 5.74) is 6.03. The summed E-state index contributed by atoms with van der Waals surface area (Å²) in [6.45, 7) is 0.201. The van der Waals surface area contributed by atoms with E-state index in [1.807, 2.05) is 78.9 Å². The van der Waals surface area contributed by atoms with Gasteiger partial charge in [-0.05, 0) is 29.8 Å². The zero-order chi connectivity index (χ0) is 28.8. The Labute approximate surface area is 228 Å². The number of hydrogen-bond acceptors (Lipinski definition) is 5. The molecule has 0 saturated carbocycles. The molecule has 0 bridgehead atoms. The number of halogens is 3. The van der Waals surface area contributed by atoms with Gasteiger partial charge in [0.25, 0.3) is 0 Å². The van der Waals surface area contributed by atoms with Gasteiger partial charge in [0.1, 0.15) is 0 Å². The number of para-hydroxylation sites is 2.